The first kappa shape index (κ1) is 13.3. The Morgan fingerprint density at radius 2 is 1.89 bits per heavy atom. The normalized spacial score (nSPS) is 10.2. The highest BCUT2D eigenvalue weighted by Crippen LogP contribution is 2.13. The maximum Gasteiger partial charge on any atom is 0.0991 e. The molecule has 2 aromatic carbocycles. The summed E-state index contributed by atoms with van der Waals surface area (Å²) in [7, 11) is 0. The number of hydrogen-bond acceptors (Lipinski definition) is 2. The molecule has 2 heteroatoms. The zero-order valence-electron chi connectivity index (χ0n) is 11.3. The summed E-state index contributed by atoms with van der Waals surface area (Å²) in [4.78, 5) is 0. The van der Waals surface area contributed by atoms with Crippen LogP contribution in [0.3, 0.4) is 0 Å². The third-order valence-corrected chi connectivity index (χ3v) is 3.08. The molecule has 0 radical (unpaired) electrons. The summed E-state index contributed by atoms with van der Waals surface area (Å²) >= 11 is 0. The van der Waals surface area contributed by atoms with Gasteiger partial charge in [0.1, 0.15) is 0 Å². The van der Waals surface area contributed by atoms with E-state index >= 15 is 0 Å². The van der Waals surface area contributed by atoms with Gasteiger partial charge in [0.15, 0.2) is 0 Å². The van der Waals surface area contributed by atoms with Gasteiger partial charge in [-0.3, -0.25) is 0 Å². The lowest BCUT2D eigenvalue weighted by molar-refractivity contribution is 0.107. The molecule has 2 aromatic rings. The standard InChI is InChI=1S/C17H17NO/c1-13-6-7-17(14(2)8-13)12-19-11-16-5-3-4-15(9-16)10-18/h3-9H,11-12H2,1-2H3. The summed E-state index contributed by atoms with van der Waals surface area (Å²) in [6.45, 7) is 5.32. The Hall–Kier alpha value is -2.11. The molecule has 0 aromatic heterocycles. The van der Waals surface area contributed by atoms with Crippen LogP contribution in [0, 0.1) is 25.2 Å². The van der Waals surface area contributed by atoms with E-state index in [0.717, 1.165) is 5.56 Å². The van der Waals surface area contributed by atoms with Crippen molar-refractivity contribution < 1.29 is 4.74 Å². The molecule has 0 saturated heterocycles. The predicted molar refractivity (Wildman–Crippen MR) is 75.6 cm³/mol. The number of nitriles is 1. The second-order valence-corrected chi connectivity index (χ2v) is 4.73. The molecule has 96 valence electrons. The summed E-state index contributed by atoms with van der Waals surface area (Å²) in [6, 6.07) is 16.0. The van der Waals surface area contributed by atoms with Crippen LogP contribution in [0.2, 0.25) is 0 Å². The molecule has 2 rings (SSSR count). The highest BCUT2D eigenvalue weighted by molar-refractivity contribution is 5.32. The van der Waals surface area contributed by atoms with Crippen LogP contribution in [0.5, 0.6) is 0 Å². The number of nitrogens with zero attached hydrogens (tertiary/aromatic N) is 1. The van der Waals surface area contributed by atoms with Crippen LogP contribution in [-0.4, -0.2) is 0 Å². The fourth-order valence-electron chi connectivity index (χ4n) is 2.02. The van der Waals surface area contributed by atoms with E-state index in [9.17, 15) is 0 Å². The number of rotatable bonds is 4. The van der Waals surface area contributed by atoms with Gasteiger partial charge in [-0.1, -0.05) is 35.9 Å². The van der Waals surface area contributed by atoms with E-state index in [1.807, 2.05) is 18.2 Å². The van der Waals surface area contributed by atoms with Gasteiger partial charge in [-0.05, 0) is 42.7 Å². The first-order chi connectivity index (χ1) is 9.19. The summed E-state index contributed by atoms with van der Waals surface area (Å²) in [5.41, 5.74) is 5.44. The van der Waals surface area contributed by atoms with Crippen LogP contribution in [0.1, 0.15) is 27.8 Å². The Bertz CT molecular complexity index is 611. The lowest BCUT2D eigenvalue weighted by atomic mass is 10.1. The molecule has 0 aliphatic carbocycles. The van der Waals surface area contributed by atoms with Crippen molar-refractivity contribution in [2.45, 2.75) is 27.1 Å². The van der Waals surface area contributed by atoms with Crippen LogP contribution in [-0.2, 0) is 18.0 Å². The molecule has 0 unspecified atom stereocenters. The Morgan fingerprint density at radius 1 is 1.05 bits per heavy atom. The molecule has 0 aliphatic heterocycles. The van der Waals surface area contributed by atoms with E-state index in [1.54, 1.807) is 6.07 Å². The first-order valence-corrected chi connectivity index (χ1v) is 6.32. The monoisotopic (exact) mass is 251 g/mol. The average Bonchev–Trinajstić information content (AvgIpc) is 2.41. The topological polar surface area (TPSA) is 33.0 Å². The van der Waals surface area contributed by atoms with Gasteiger partial charge in [0, 0.05) is 0 Å². The molecule has 0 heterocycles. The number of aryl methyl sites for hydroxylation is 2. The molecular weight excluding hydrogens is 234 g/mol. The zero-order valence-corrected chi connectivity index (χ0v) is 11.3. The third kappa shape index (κ3) is 3.67. The fourth-order valence-corrected chi connectivity index (χ4v) is 2.02. The van der Waals surface area contributed by atoms with Crippen molar-refractivity contribution in [2.24, 2.45) is 0 Å². The minimum Gasteiger partial charge on any atom is -0.372 e. The molecular formula is C17H17NO. The molecule has 0 spiro atoms. The van der Waals surface area contributed by atoms with Crippen molar-refractivity contribution in [3.8, 4) is 6.07 Å². The molecule has 0 amide bonds. The van der Waals surface area contributed by atoms with Crippen LogP contribution >= 0.6 is 0 Å². The van der Waals surface area contributed by atoms with Gasteiger partial charge in [-0.25, -0.2) is 0 Å². The molecule has 19 heavy (non-hydrogen) atoms. The maximum atomic E-state index is 8.84. The quantitative estimate of drug-likeness (QED) is 0.825. The summed E-state index contributed by atoms with van der Waals surface area (Å²) in [6.07, 6.45) is 0. The van der Waals surface area contributed by atoms with Crippen molar-refractivity contribution in [1.82, 2.24) is 0 Å². The lowest BCUT2D eigenvalue weighted by Gasteiger charge is -2.08. The van der Waals surface area contributed by atoms with E-state index < -0.39 is 0 Å². The van der Waals surface area contributed by atoms with Gasteiger partial charge in [0.2, 0.25) is 0 Å². The van der Waals surface area contributed by atoms with Gasteiger partial charge in [-0.2, -0.15) is 5.26 Å². The predicted octanol–water partition coefficient (Wildman–Crippen LogP) is 3.89. The van der Waals surface area contributed by atoms with Gasteiger partial charge in [-0.15, -0.1) is 0 Å². The van der Waals surface area contributed by atoms with E-state index in [2.05, 4.69) is 38.1 Å². The highest BCUT2D eigenvalue weighted by atomic mass is 16.5. The second-order valence-electron chi connectivity index (χ2n) is 4.73. The largest absolute Gasteiger partial charge is 0.372 e. The van der Waals surface area contributed by atoms with Gasteiger partial charge in [0.25, 0.3) is 0 Å². The third-order valence-electron chi connectivity index (χ3n) is 3.08. The van der Waals surface area contributed by atoms with E-state index in [0.29, 0.717) is 18.8 Å². The Morgan fingerprint density at radius 3 is 2.63 bits per heavy atom. The van der Waals surface area contributed by atoms with Gasteiger partial charge < -0.3 is 4.74 Å². The smallest absolute Gasteiger partial charge is 0.0991 e. The molecule has 2 nitrogen and oxygen atoms in total. The molecule has 0 aliphatic rings. The molecule has 0 bridgehead atoms. The minimum atomic E-state index is 0.531. The minimum absolute atomic E-state index is 0.531. The van der Waals surface area contributed by atoms with Crippen molar-refractivity contribution in [3.63, 3.8) is 0 Å². The average molecular weight is 251 g/mol. The fraction of sp³-hybridized carbons (Fsp3) is 0.235. The number of ether oxygens (including phenoxy) is 1. The van der Waals surface area contributed by atoms with Crippen LogP contribution in [0.25, 0.3) is 0 Å². The van der Waals surface area contributed by atoms with Crippen molar-refractivity contribution in [2.75, 3.05) is 0 Å². The lowest BCUT2D eigenvalue weighted by Crippen LogP contribution is -1.97. The van der Waals surface area contributed by atoms with E-state index in [4.69, 9.17) is 10.00 Å². The molecule has 0 saturated carbocycles. The maximum absolute atomic E-state index is 8.84. The number of benzene rings is 2. The zero-order chi connectivity index (χ0) is 13.7. The van der Waals surface area contributed by atoms with Crippen LogP contribution in [0.15, 0.2) is 42.5 Å². The Labute approximate surface area is 114 Å². The van der Waals surface area contributed by atoms with E-state index in [-0.39, 0.29) is 0 Å². The molecule has 0 N–H and O–H groups in total. The molecule has 0 fully saturated rings. The highest BCUT2D eigenvalue weighted by Gasteiger charge is 2.00. The SMILES string of the molecule is Cc1ccc(COCc2cccc(C#N)c2)c(C)c1. The summed E-state index contributed by atoms with van der Waals surface area (Å²) < 4.78 is 5.72. The van der Waals surface area contributed by atoms with Gasteiger partial charge in [0.05, 0.1) is 24.8 Å². The van der Waals surface area contributed by atoms with Crippen molar-refractivity contribution in [1.29, 1.82) is 5.26 Å². The Balaban J connectivity index is 1.94. The van der Waals surface area contributed by atoms with Crippen LogP contribution < -0.4 is 0 Å². The Kier molecular flexibility index (Phi) is 4.33. The van der Waals surface area contributed by atoms with E-state index in [1.165, 1.54) is 16.7 Å². The van der Waals surface area contributed by atoms with Gasteiger partial charge >= 0.3 is 0 Å². The molecule has 0 atom stereocenters. The van der Waals surface area contributed by atoms with Crippen molar-refractivity contribution in [3.05, 3.63) is 70.3 Å². The summed E-state index contributed by atoms with van der Waals surface area (Å²) in [5.74, 6) is 0. The summed E-state index contributed by atoms with van der Waals surface area (Å²) in [5, 5.41) is 8.84. The van der Waals surface area contributed by atoms with Crippen molar-refractivity contribution >= 4 is 0 Å². The first-order valence-electron chi connectivity index (χ1n) is 6.32. The van der Waals surface area contributed by atoms with Crippen LogP contribution in [0.4, 0.5) is 0 Å². The second kappa shape index (κ2) is 6.17. The number of hydrogen-bond donors (Lipinski definition) is 0.